The maximum absolute atomic E-state index is 11.9. The van der Waals surface area contributed by atoms with E-state index in [0.717, 1.165) is 27.1 Å². The average molecular weight is 454 g/mol. The average Bonchev–Trinajstić information content (AvgIpc) is 3.01. The third kappa shape index (κ3) is 5.17. The lowest BCUT2D eigenvalue weighted by molar-refractivity contribution is -0.139. The largest absolute Gasteiger partial charge is 0.342 e. The number of nitrogens with one attached hydrogen (secondary N) is 2. The van der Waals surface area contributed by atoms with Crippen molar-refractivity contribution in [3.8, 4) is 5.69 Å². The minimum absolute atomic E-state index is 0.172. The fourth-order valence-corrected chi connectivity index (χ4v) is 3.14. The van der Waals surface area contributed by atoms with Crippen molar-refractivity contribution in [3.05, 3.63) is 81.8 Å². The number of aromatic nitrogens is 2. The molecule has 2 N–H and O–H groups in total. The molecule has 0 saturated heterocycles. The molecule has 2 aromatic heterocycles. The second kappa shape index (κ2) is 9.29. The number of carbonyl (C=O) groups excluding carboxylic acids is 2. The van der Waals surface area contributed by atoms with Crippen LogP contribution in [0.15, 0.2) is 64.3 Å². The summed E-state index contributed by atoms with van der Waals surface area (Å²) in [4.78, 5) is 27.8. The van der Waals surface area contributed by atoms with E-state index in [1.165, 1.54) is 6.21 Å². The Hall–Kier alpha value is -3.26. The number of hydrogen-bond donors (Lipinski definition) is 2. The van der Waals surface area contributed by atoms with E-state index in [-0.39, 0.29) is 6.54 Å². The number of hydrazone groups is 1. The number of aryl methyl sites for hydroxylation is 1. The lowest BCUT2D eigenvalue weighted by atomic mass is 10.2. The molecule has 3 rings (SSSR count). The van der Waals surface area contributed by atoms with Crippen LogP contribution >= 0.6 is 15.9 Å². The first-order valence-corrected chi connectivity index (χ1v) is 9.71. The molecule has 1 aromatic carbocycles. The lowest BCUT2D eigenvalue weighted by Crippen LogP contribution is -2.37. The first kappa shape index (κ1) is 20.5. The van der Waals surface area contributed by atoms with Crippen LogP contribution in [0.5, 0.6) is 0 Å². The van der Waals surface area contributed by atoms with Crippen molar-refractivity contribution in [2.75, 3.05) is 0 Å². The van der Waals surface area contributed by atoms with Gasteiger partial charge in [-0.25, -0.2) is 5.43 Å². The Bertz CT molecular complexity index is 1040. The molecule has 2 heterocycles. The van der Waals surface area contributed by atoms with Crippen LogP contribution in [-0.4, -0.2) is 27.6 Å². The minimum Gasteiger partial charge on any atom is -0.342 e. The maximum atomic E-state index is 11.9. The molecule has 0 unspecified atom stereocenters. The molecule has 0 fully saturated rings. The van der Waals surface area contributed by atoms with E-state index in [9.17, 15) is 9.59 Å². The normalized spacial score (nSPS) is 10.9. The maximum Gasteiger partial charge on any atom is 0.329 e. The summed E-state index contributed by atoms with van der Waals surface area (Å²) in [5.74, 6) is -1.60. The Kier molecular flexibility index (Phi) is 6.56. The number of hydrogen-bond acceptors (Lipinski definition) is 4. The molecule has 29 heavy (non-hydrogen) atoms. The summed E-state index contributed by atoms with van der Waals surface area (Å²) in [7, 11) is 0. The molecule has 2 amide bonds. The van der Waals surface area contributed by atoms with E-state index in [1.807, 2.05) is 50.2 Å². The predicted molar refractivity (Wildman–Crippen MR) is 115 cm³/mol. The third-order valence-electron chi connectivity index (χ3n) is 4.29. The first-order valence-electron chi connectivity index (χ1n) is 8.91. The molecule has 0 bridgehead atoms. The van der Waals surface area contributed by atoms with Crippen LogP contribution in [0.25, 0.3) is 5.69 Å². The molecule has 0 aliphatic rings. The lowest BCUT2D eigenvalue weighted by Gasteiger charge is -2.09. The van der Waals surface area contributed by atoms with Crippen molar-refractivity contribution < 1.29 is 9.59 Å². The van der Waals surface area contributed by atoms with Crippen molar-refractivity contribution >= 4 is 34.0 Å². The zero-order valence-corrected chi connectivity index (χ0v) is 17.6. The van der Waals surface area contributed by atoms with E-state index in [1.54, 1.807) is 18.3 Å². The Morgan fingerprint density at radius 1 is 1.14 bits per heavy atom. The molecule has 3 aromatic rings. The van der Waals surface area contributed by atoms with Gasteiger partial charge in [0.05, 0.1) is 18.5 Å². The zero-order chi connectivity index (χ0) is 20.8. The number of amides is 2. The van der Waals surface area contributed by atoms with Gasteiger partial charge in [-0.1, -0.05) is 22.0 Å². The van der Waals surface area contributed by atoms with Crippen molar-refractivity contribution in [2.24, 2.45) is 5.10 Å². The number of carbonyl (C=O) groups is 2. The van der Waals surface area contributed by atoms with Crippen LogP contribution in [-0.2, 0) is 16.1 Å². The molecule has 148 valence electrons. The highest BCUT2D eigenvalue weighted by Gasteiger charge is 2.13. The summed E-state index contributed by atoms with van der Waals surface area (Å²) in [6.45, 7) is 4.14. The molecule has 0 spiro atoms. The summed E-state index contributed by atoms with van der Waals surface area (Å²) in [5.41, 5.74) is 6.80. The quantitative estimate of drug-likeness (QED) is 0.353. The second-order valence-electron chi connectivity index (χ2n) is 6.34. The smallest absolute Gasteiger partial charge is 0.329 e. The first-order chi connectivity index (χ1) is 14.0. The van der Waals surface area contributed by atoms with Gasteiger partial charge in [-0.2, -0.15) is 5.10 Å². The third-order valence-corrected chi connectivity index (χ3v) is 4.82. The molecule has 0 radical (unpaired) electrons. The monoisotopic (exact) mass is 453 g/mol. The zero-order valence-electron chi connectivity index (χ0n) is 16.0. The fraction of sp³-hybridized carbons (Fsp3) is 0.143. The van der Waals surface area contributed by atoms with Crippen LogP contribution in [0.3, 0.4) is 0 Å². The molecule has 0 saturated carbocycles. The van der Waals surface area contributed by atoms with Crippen molar-refractivity contribution in [1.29, 1.82) is 0 Å². The minimum atomic E-state index is -0.834. The van der Waals surface area contributed by atoms with Crippen molar-refractivity contribution in [1.82, 2.24) is 20.3 Å². The summed E-state index contributed by atoms with van der Waals surface area (Å²) >= 11 is 3.44. The van der Waals surface area contributed by atoms with Crippen molar-refractivity contribution in [2.45, 2.75) is 20.4 Å². The van der Waals surface area contributed by atoms with Gasteiger partial charge in [0.25, 0.3) is 0 Å². The van der Waals surface area contributed by atoms with Gasteiger partial charge < -0.3 is 9.88 Å². The Balaban J connectivity index is 1.61. The highest BCUT2D eigenvalue weighted by molar-refractivity contribution is 9.10. The van der Waals surface area contributed by atoms with Crippen LogP contribution in [0.2, 0.25) is 0 Å². The fourth-order valence-electron chi connectivity index (χ4n) is 2.87. The summed E-state index contributed by atoms with van der Waals surface area (Å²) in [6, 6.07) is 15.3. The highest BCUT2D eigenvalue weighted by atomic mass is 79.9. The van der Waals surface area contributed by atoms with Crippen LogP contribution in [0, 0.1) is 13.8 Å². The SMILES string of the molecule is Cc1cc(/C=N\NC(=O)C(=O)NCc2ccccn2)c(C)n1-c1ccc(Br)cc1. The number of nitrogens with zero attached hydrogens (tertiary/aromatic N) is 3. The molecular formula is C21H20BrN5O2. The van der Waals surface area contributed by atoms with Crippen LogP contribution < -0.4 is 10.7 Å². The topological polar surface area (TPSA) is 88.4 Å². The standard InChI is InChI=1S/C21H20BrN5O2/c1-14-11-16(15(2)27(14)19-8-6-17(22)7-9-19)12-25-26-21(29)20(28)24-13-18-5-3-4-10-23-18/h3-12H,13H2,1-2H3,(H,24,28)(H,26,29)/b25-12-. The number of pyridine rings is 1. The van der Waals surface area contributed by atoms with E-state index in [0.29, 0.717) is 5.69 Å². The predicted octanol–water partition coefficient (Wildman–Crippen LogP) is 3.02. The van der Waals surface area contributed by atoms with Crippen LogP contribution in [0.4, 0.5) is 0 Å². The molecular weight excluding hydrogens is 434 g/mol. The summed E-state index contributed by atoms with van der Waals surface area (Å²) in [6.07, 6.45) is 3.15. The number of rotatable bonds is 5. The van der Waals surface area contributed by atoms with Gasteiger partial charge >= 0.3 is 11.8 Å². The van der Waals surface area contributed by atoms with Gasteiger partial charge in [0.2, 0.25) is 0 Å². The number of halogens is 1. The molecule has 0 atom stereocenters. The second-order valence-corrected chi connectivity index (χ2v) is 7.26. The molecule has 8 heteroatoms. The Morgan fingerprint density at radius 3 is 2.59 bits per heavy atom. The molecule has 0 aliphatic heterocycles. The number of benzene rings is 1. The van der Waals surface area contributed by atoms with Gasteiger partial charge in [-0.3, -0.25) is 14.6 Å². The molecule has 0 aliphatic carbocycles. The van der Waals surface area contributed by atoms with E-state index < -0.39 is 11.8 Å². The molecule has 7 nitrogen and oxygen atoms in total. The van der Waals surface area contributed by atoms with Gasteiger partial charge in [0.1, 0.15) is 0 Å². The van der Waals surface area contributed by atoms with E-state index in [2.05, 4.69) is 41.3 Å². The van der Waals surface area contributed by atoms with Gasteiger partial charge in [0, 0.05) is 33.3 Å². The van der Waals surface area contributed by atoms with E-state index in [4.69, 9.17) is 0 Å². The van der Waals surface area contributed by atoms with Gasteiger partial charge in [-0.15, -0.1) is 0 Å². The summed E-state index contributed by atoms with van der Waals surface area (Å²) in [5, 5.41) is 6.42. The summed E-state index contributed by atoms with van der Waals surface area (Å²) < 4.78 is 3.10. The Labute approximate surface area is 177 Å². The van der Waals surface area contributed by atoms with Crippen LogP contribution in [0.1, 0.15) is 22.6 Å². The Morgan fingerprint density at radius 2 is 1.90 bits per heavy atom. The van der Waals surface area contributed by atoms with E-state index >= 15 is 0 Å². The highest BCUT2D eigenvalue weighted by Crippen LogP contribution is 2.21. The van der Waals surface area contributed by atoms with Gasteiger partial charge in [-0.05, 0) is 56.3 Å². The van der Waals surface area contributed by atoms with Crippen molar-refractivity contribution in [3.63, 3.8) is 0 Å². The van der Waals surface area contributed by atoms with Gasteiger partial charge in [0.15, 0.2) is 0 Å².